The van der Waals surface area contributed by atoms with Gasteiger partial charge in [0.1, 0.15) is 4.88 Å². The summed E-state index contributed by atoms with van der Waals surface area (Å²) in [5, 5.41) is 4.19. The van der Waals surface area contributed by atoms with Crippen LogP contribution in [-0.2, 0) is 6.54 Å². The van der Waals surface area contributed by atoms with E-state index < -0.39 is 0 Å². The monoisotopic (exact) mass is 353 g/mol. The minimum Gasteiger partial charge on any atom is -0.397 e. The van der Waals surface area contributed by atoms with Gasteiger partial charge in [0.05, 0.1) is 10.7 Å². The molecule has 2 rings (SSSR count). The third-order valence-electron chi connectivity index (χ3n) is 2.77. The second-order valence-electron chi connectivity index (χ2n) is 4.54. The highest BCUT2D eigenvalue weighted by Crippen LogP contribution is 2.30. The molecule has 0 spiro atoms. The number of nitrogens with zero attached hydrogens (tertiary/aromatic N) is 1. The molecule has 0 aliphatic carbocycles. The van der Waals surface area contributed by atoms with Crippen LogP contribution in [0.1, 0.15) is 15.2 Å². The van der Waals surface area contributed by atoms with Crippen molar-refractivity contribution in [3.63, 3.8) is 0 Å². The number of carbonyl (C=O) groups excluding carboxylic acids is 1. The maximum atomic E-state index is 11.9. The van der Waals surface area contributed by atoms with Crippen LogP contribution in [0.5, 0.6) is 0 Å². The van der Waals surface area contributed by atoms with Crippen LogP contribution in [0.15, 0.2) is 34.8 Å². The first-order chi connectivity index (χ1) is 9.49. The molecule has 0 unspecified atom stereocenters. The lowest BCUT2D eigenvalue weighted by atomic mass is 10.2. The third kappa shape index (κ3) is 3.32. The zero-order valence-corrected chi connectivity index (χ0v) is 13.7. The summed E-state index contributed by atoms with van der Waals surface area (Å²) in [7, 11) is 3.44. The van der Waals surface area contributed by atoms with Crippen LogP contribution in [0, 0.1) is 0 Å². The zero-order valence-electron chi connectivity index (χ0n) is 11.3. The number of rotatable bonds is 4. The Kier molecular flexibility index (Phi) is 4.67. The molecule has 0 bridgehead atoms. The number of benzene rings is 1. The molecule has 3 N–H and O–H groups in total. The van der Waals surface area contributed by atoms with Gasteiger partial charge in [-0.15, -0.1) is 11.3 Å². The Morgan fingerprint density at radius 1 is 1.40 bits per heavy atom. The molecule has 1 aromatic heterocycles. The Bertz CT molecular complexity index is 625. The van der Waals surface area contributed by atoms with Crippen LogP contribution in [-0.4, -0.2) is 24.9 Å². The highest BCUT2D eigenvalue weighted by Gasteiger charge is 2.16. The Labute approximate surface area is 130 Å². The fourth-order valence-electron chi connectivity index (χ4n) is 1.69. The first-order valence-electron chi connectivity index (χ1n) is 6.07. The standard InChI is InChI=1S/C14H16BrN3OS/c1-18(2)14(19)13-11(16)7-12(20-13)17-8-9-5-3-4-6-10(9)15/h3-7,17H,8,16H2,1-2H3. The summed E-state index contributed by atoms with van der Waals surface area (Å²) in [6, 6.07) is 9.81. The van der Waals surface area contributed by atoms with Crippen molar-refractivity contribution in [2.75, 3.05) is 25.1 Å². The quantitative estimate of drug-likeness (QED) is 0.885. The van der Waals surface area contributed by atoms with Crippen molar-refractivity contribution in [3.05, 3.63) is 45.2 Å². The molecule has 0 fully saturated rings. The van der Waals surface area contributed by atoms with Crippen LogP contribution in [0.25, 0.3) is 0 Å². The van der Waals surface area contributed by atoms with E-state index in [4.69, 9.17) is 5.73 Å². The predicted molar refractivity (Wildman–Crippen MR) is 88.2 cm³/mol. The van der Waals surface area contributed by atoms with E-state index in [0.717, 1.165) is 15.0 Å². The molecular formula is C14H16BrN3OS. The average Bonchev–Trinajstić information content (AvgIpc) is 2.78. The van der Waals surface area contributed by atoms with Crippen molar-refractivity contribution >= 4 is 43.9 Å². The average molecular weight is 354 g/mol. The fraction of sp³-hybridized carbons (Fsp3) is 0.214. The number of nitrogens with one attached hydrogen (secondary N) is 1. The van der Waals surface area contributed by atoms with Gasteiger partial charge in [-0.3, -0.25) is 4.79 Å². The van der Waals surface area contributed by atoms with E-state index >= 15 is 0 Å². The van der Waals surface area contributed by atoms with Gasteiger partial charge in [-0.2, -0.15) is 0 Å². The summed E-state index contributed by atoms with van der Waals surface area (Å²) >= 11 is 4.89. The summed E-state index contributed by atoms with van der Waals surface area (Å²) in [4.78, 5) is 14.0. The molecule has 0 saturated heterocycles. The maximum absolute atomic E-state index is 11.9. The third-order valence-corrected chi connectivity index (χ3v) is 4.64. The number of carbonyl (C=O) groups is 1. The summed E-state index contributed by atoms with van der Waals surface area (Å²) in [5.74, 6) is -0.0681. The van der Waals surface area contributed by atoms with Crippen molar-refractivity contribution in [3.8, 4) is 0 Å². The largest absolute Gasteiger partial charge is 0.397 e. The molecule has 1 heterocycles. The van der Waals surface area contributed by atoms with Crippen molar-refractivity contribution in [1.82, 2.24) is 4.90 Å². The van der Waals surface area contributed by atoms with E-state index in [-0.39, 0.29) is 5.91 Å². The van der Waals surface area contributed by atoms with E-state index in [9.17, 15) is 4.79 Å². The smallest absolute Gasteiger partial charge is 0.265 e. The first kappa shape index (κ1) is 14.9. The van der Waals surface area contributed by atoms with Gasteiger partial charge in [-0.1, -0.05) is 34.1 Å². The molecule has 0 saturated carbocycles. The summed E-state index contributed by atoms with van der Waals surface area (Å²) in [6.07, 6.45) is 0. The lowest BCUT2D eigenvalue weighted by molar-refractivity contribution is 0.0833. The first-order valence-corrected chi connectivity index (χ1v) is 7.68. The SMILES string of the molecule is CN(C)C(=O)c1sc(NCc2ccccc2Br)cc1N. The minimum atomic E-state index is -0.0681. The molecule has 2 aromatic rings. The summed E-state index contributed by atoms with van der Waals surface area (Å²) < 4.78 is 1.06. The van der Waals surface area contributed by atoms with Gasteiger partial charge in [-0.25, -0.2) is 0 Å². The number of hydrogen-bond donors (Lipinski definition) is 2. The van der Waals surface area contributed by atoms with Gasteiger partial charge in [0.15, 0.2) is 0 Å². The second kappa shape index (κ2) is 6.28. The number of nitrogen functional groups attached to an aromatic ring is 1. The molecule has 0 aliphatic rings. The molecule has 106 valence electrons. The number of anilines is 2. The predicted octanol–water partition coefficient (Wildman–Crippen LogP) is 3.41. The topological polar surface area (TPSA) is 58.4 Å². The maximum Gasteiger partial charge on any atom is 0.265 e. The molecular weight excluding hydrogens is 338 g/mol. The lowest BCUT2D eigenvalue weighted by Gasteiger charge is -2.08. The van der Waals surface area contributed by atoms with Crippen LogP contribution >= 0.6 is 27.3 Å². The Hall–Kier alpha value is -1.53. The van der Waals surface area contributed by atoms with E-state index in [2.05, 4.69) is 21.2 Å². The normalized spacial score (nSPS) is 10.3. The molecule has 1 aromatic carbocycles. The zero-order chi connectivity index (χ0) is 14.7. The van der Waals surface area contributed by atoms with Gasteiger partial charge in [0, 0.05) is 25.1 Å². The van der Waals surface area contributed by atoms with Crippen LogP contribution in [0.3, 0.4) is 0 Å². The van der Waals surface area contributed by atoms with Gasteiger partial charge >= 0.3 is 0 Å². The van der Waals surface area contributed by atoms with Gasteiger partial charge < -0.3 is 16.0 Å². The van der Waals surface area contributed by atoms with Crippen LogP contribution in [0.4, 0.5) is 10.7 Å². The van der Waals surface area contributed by atoms with E-state index in [1.807, 2.05) is 24.3 Å². The molecule has 6 heteroatoms. The molecule has 20 heavy (non-hydrogen) atoms. The van der Waals surface area contributed by atoms with Gasteiger partial charge in [-0.05, 0) is 17.7 Å². The molecule has 0 aliphatic heterocycles. The highest BCUT2D eigenvalue weighted by molar-refractivity contribution is 9.10. The van der Waals surface area contributed by atoms with Crippen LogP contribution in [0.2, 0.25) is 0 Å². The van der Waals surface area contributed by atoms with E-state index in [0.29, 0.717) is 17.1 Å². The number of thiophene rings is 1. The van der Waals surface area contributed by atoms with E-state index in [1.54, 1.807) is 20.2 Å². The number of nitrogens with two attached hydrogens (primary N) is 1. The van der Waals surface area contributed by atoms with Gasteiger partial charge in [0.2, 0.25) is 0 Å². The number of hydrogen-bond acceptors (Lipinski definition) is 4. The molecule has 0 atom stereocenters. The van der Waals surface area contributed by atoms with Crippen molar-refractivity contribution in [2.45, 2.75) is 6.54 Å². The van der Waals surface area contributed by atoms with Crippen molar-refractivity contribution in [2.24, 2.45) is 0 Å². The second-order valence-corrected chi connectivity index (χ2v) is 6.45. The van der Waals surface area contributed by atoms with Crippen molar-refractivity contribution < 1.29 is 4.79 Å². The summed E-state index contributed by atoms with van der Waals surface area (Å²) in [6.45, 7) is 0.678. The Morgan fingerprint density at radius 2 is 2.10 bits per heavy atom. The number of halogens is 1. The number of amides is 1. The lowest BCUT2D eigenvalue weighted by Crippen LogP contribution is -2.21. The Balaban J connectivity index is 2.10. The Morgan fingerprint density at radius 3 is 2.75 bits per heavy atom. The van der Waals surface area contributed by atoms with Gasteiger partial charge in [0.25, 0.3) is 5.91 Å². The fourth-order valence-corrected chi connectivity index (χ4v) is 3.11. The highest BCUT2D eigenvalue weighted by atomic mass is 79.9. The molecule has 1 amide bonds. The van der Waals surface area contributed by atoms with Crippen molar-refractivity contribution in [1.29, 1.82) is 0 Å². The molecule has 4 nitrogen and oxygen atoms in total. The van der Waals surface area contributed by atoms with Crippen LogP contribution < -0.4 is 11.1 Å². The summed E-state index contributed by atoms with van der Waals surface area (Å²) in [5.41, 5.74) is 7.56. The minimum absolute atomic E-state index is 0.0681. The van der Waals surface area contributed by atoms with E-state index in [1.165, 1.54) is 16.2 Å². The molecule has 0 radical (unpaired) electrons.